The molecule has 8 nitrogen and oxygen atoms in total. The van der Waals surface area contributed by atoms with Gasteiger partial charge in [0.15, 0.2) is 0 Å². The molecule has 0 radical (unpaired) electrons. The van der Waals surface area contributed by atoms with Crippen LogP contribution in [0.2, 0.25) is 5.02 Å². The summed E-state index contributed by atoms with van der Waals surface area (Å²) in [5.74, 6) is -0.111. The largest absolute Gasteiger partial charge is 0.496 e. The lowest BCUT2D eigenvalue weighted by molar-refractivity contribution is -0.384. The van der Waals surface area contributed by atoms with Crippen LogP contribution in [0.3, 0.4) is 0 Å². The van der Waals surface area contributed by atoms with Crippen molar-refractivity contribution in [1.82, 2.24) is 9.78 Å². The molecule has 0 fully saturated rings. The van der Waals surface area contributed by atoms with Crippen LogP contribution in [0.5, 0.6) is 5.75 Å². The van der Waals surface area contributed by atoms with Gasteiger partial charge in [0.25, 0.3) is 5.69 Å². The minimum Gasteiger partial charge on any atom is -0.496 e. The van der Waals surface area contributed by atoms with Gasteiger partial charge in [-0.15, -0.1) is 0 Å². The predicted molar refractivity (Wildman–Crippen MR) is 85.0 cm³/mol. The third-order valence-corrected chi connectivity index (χ3v) is 3.81. The number of rotatable bonds is 5. The standard InChI is InChI=1S/C14H15ClN4O4/c1-8-14(15)9(2)18(17-8)7-13(20)16-11-5-4-10(23-3)6-12(11)19(21)22/h4-6H,7H2,1-3H3,(H,16,20). The molecule has 2 rings (SSSR count). The van der Waals surface area contributed by atoms with Gasteiger partial charge >= 0.3 is 0 Å². The fourth-order valence-corrected chi connectivity index (χ4v) is 2.19. The molecule has 0 spiro atoms. The molecule has 0 aliphatic rings. The Morgan fingerprint density at radius 3 is 2.70 bits per heavy atom. The van der Waals surface area contributed by atoms with E-state index in [2.05, 4.69) is 10.4 Å². The van der Waals surface area contributed by atoms with Crippen LogP contribution in [0.25, 0.3) is 0 Å². The predicted octanol–water partition coefficient (Wildman–Crippen LogP) is 2.71. The van der Waals surface area contributed by atoms with Crippen molar-refractivity contribution in [3.8, 4) is 5.75 Å². The van der Waals surface area contributed by atoms with Crippen molar-refractivity contribution < 1.29 is 14.5 Å². The second kappa shape index (κ2) is 6.66. The third kappa shape index (κ3) is 3.59. The molecule has 1 aromatic carbocycles. The van der Waals surface area contributed by atoms with Crippen molar-refractivity contribution in [2.24, 2.45) is 0 Å². The van der Waals surface area contributed by atoms with Gasteiger partial charge in [-0.05, 0) is 26.0 Å². The number of nitrogens with one attached hydrogen (secondary N) is 1. The number of amides is 1. The summed E-state index contributed by atoms with van der Waals surface area (Å²) in [6.45, 7) is 3.38. The van der Waals surface area contributed by atoms with Crippen molar-refractivity contribution in [3.63, 3.8) is 0 Å². The second-order valence-electron chi connectivity index (χ2n) is 4.83. The molecule has 0 saturated carbocycles. The molecule has 0 aliphatic heterocycles. The minimum absolute atomic E-state index is 0.0911. The van der Waals surface area contributed by atoms with Gasteiger partial charge in [0.2, 0.25) is 5.91 Å². The van der Waals surface area contributed by atoms with Crippen molar-refractivity contribution in [2.45, 2.75) is 20.4 Å². The van der Waals surface area contributed by atoms with E-state index < -0.39 is 10.8 Å². The van der Waals surface area contributed by atoms with Gasteiger partial charge in [-0.2, -0.15) is 5.10 Å². The van der Waals surface area contributed by atoms with Crippen LogP contribution in [-0.4, -0.2) is 27.7 Å². The molecular formula is C14H15ClN4O4. The van der Waals surface area contributed by atoms with E-state index in [9.17, 15) is 14.9 Å². The van der Waals surface area contributed by atoms with Gasteiger partial charge in [0, 0.05) is 0 Å². The molecule has 1 aromatic heterocycles. The number of hydrogen-bond donors (Lipinski definition) is 1. The summed E-state index contributed by atoms with van der Waals surface area (Å²) >= 11 is 6.02. The number of carbonyl (C=O) groups excluding carboxylic acids is 1. The van der Waals surface area contributed by atoms with E-state index in [0.29, 0.717) is 22.2 Å². The summed E-state index contributed by atoms with van der Waals surface area (Å²) in [4.78, 5) is 22.6. The molecule has 23 heavy (non-hydrogen) atoms. The van der Waals surface area contributed by atoms with Crippen molar-refractivity contribution in [3.05, 3.63) is 44.7 Å². The summed E-state index contributed by atoms with van der Waals surface area (Å²) in [7, 11) is 1.41. The molecule has 0 bridgehead atoms. The van der Waals surface area contributed by atoms with Gasteiger partial charge in [-0.3, -0.25) is 19.6 Å². The summed E-state index contributed by atoms with van der Waals surface area (Å²) in [5, 5.41) is 18.2. The molecule has 0 saturated heterocycles. The van der Waals surface area contributed by atoms with Gasteiger partial charge in [-0.25, -0.2) is 0 Å². The summed E-state index contributed by atoms with van der Waals surface area (Å²) in [6.07, 6.45) is 0. The number of methoxy groups -OCH3 is 1. The van der Waals surface area contributed by atoms with Crippen LogP contribution in [0, 0.1) is 24.0 Å². The molecule has 0 unspecified atom stereocenters. The Bertz CT molecular complexity index is 772. The molecular weight excluding hydrogens is 324 g/mol. The Balaban J connectivity index is 2.20. The number of nitro groups is 1. The lowest BCUT2D eigenvalue weighted by Crippen LogP contribution is -2.20. The van der Waals surface area contributed by atoms with Gasteiger partial charge < -0.3 is 10.1 Å². The number of anilines is 1. The Kier molecular flexibility index (Phi) is 4.85. The van der Waals surface area contributed by atoms with E-state index in [1.807, 2.05) is 0 Å². The zero-order valence-corrected chi connectivity index (χ0v) is 13.5. The average molecular weight is 339 g/mol. The highest BCUT2D eigenvalue weighted by molar-refractivity contribution is 6.31. The molecule has 0 atom stereocenters. The third-order valence-electron chi connectivity index (χ3n) is 3.26. The van der Waals surface area contributed by atoms with Gasteiger partial charge in [0.1, 0.15) is 18.0 Å². The zero-order valence-electron chi connectivity index (χ0n) is 12.8. The number of ether oxygens (including phenoxy) is 1. The van der Waals surface area contributed by atoms with Crippen LogP contribution in [-0.2, 0) is 11.3 Å². The number of aryl methyl sites for hydroxylation is 1. The lowest BCUT2D eigenvalue weighted by atomic mass is 10.2. The molecule has 1 N–H and O–H groups in total. The van der Waals surface area contributed by atoms with E-state index in [-0.39, 0.29) is 17.9 Å². The number of hydrogen-bond acceptors (Lipinski definition) is 5. The Hall–Kier alpha value is -2.61. The van der Waals surface area contributed by atoms with E-state index in [1.54, 1.807) is 13.8 Å². The lowest BCUT2D eigenvalue weighted by Gasteiger charge is -2.08. The maximum Gasteiger partial charge on any atom is 0.296 e. The smallest absolute Gasteiger partial charge is 0.296 e. The van der Waals surface area contributed by atoms with Crippen LogP contribution in [0.1, 0.15) is 11.4 Å². The first-order valence-electron chi connectivity index (χ1n) is 6.65. The average Bonchev–Trinajstić information content (AvgIpc) is 2.74. The van der Waals surface area contributed by atoms with E-state index in [1.165, 1.54) is 30.0 Å². The highest BCUT2D eigenvalue weighted by Crippen LogP contribution is 2.29. The molecule has 1 amide bonds. The van der Waals surface area contributed by atoms with E-state index in [4.69, 9.17) is 16.3 Å². The van der Waals surface area contributed by atoms with Gasteiger partial charge in [-0.1, -0.05) is 11.6 Å². The number of nitro benzene ring substituents is 1. The Morgan fingerprint density at radius 1 is 1.48 bits per heavy atom. The topological polar surface area (TPSA) is 99.3 Å². The van der Waals surface area contributed by atoms with Crippen molar-refractivity contribution in [1.29, 1.82) is 0 Å². The molecule has 1 heterocycles. The number of halogens is 1. The zero-order chi connectivity index (χ0) is 17.1. The van der Waals surface area contributed by atoms with E-state index in [0.717, 1.165) is 0 Å². The first-order chi connectivity index (χ1) is 10.8. The maximum absolute atomic E-state index is 12.1. The minimum atomic E-state index is -0.585. The number of benzene rings is 1. The Morgan fingerprint density at radius 2 is 2.17 bits per heavy atom. The van der Waals surface area contributed by atoms with Crippen molar-refractivity contribution in [2.75, 3.05) is 12.4 Å². The van der Waals surface area contributed by atoms with Crippen LogP contribution < -0.4 is 10.1 Å². The quantitative estimate of drug-likeness (QED) is 0.667. The Labute approximate surface area is 137 Å². The number of nitrogens with zero attached hydrogens (tertiary/aromatic N) is 3. The van der Waals surface area contributed by atoms with Gasteiger partial charge in [0.05, 0.1) is 34.5 Å². The highest BCUT2D eigenvalue weighted by atomic mass is 35.5. The van der Waals surface area contributed by atoms with Crippen LogP contribution >= 0.6 is 11.6 Å². The summed E-state index contributed by atoms with van der Waals surface area (Å²) in [6, 6.07) is 4.20. The van der Waals surface area contributed by atoms with Crippen LogP contribution in [0.4, 0.5) is 11.4 Å². The van der Waals surface area contributed by atoms with Crippen molar-refractivity contribution >= 4 is 28.9 Å². The summed E-state index contributed by atoms with van der Waals surface area (Å²) < 4.78 is 6.39. The fourth-order valence-electron chi connectivity index (χ4n) is 2.05. The van der Waals surface area contributed by atoms with E-state index >= 15 is 0 Å². The molecule has 122 valence electrons. The number of carbonyl (C=O) groups is 1. The highest BCUT2D eigenvalue weighted by Gasteiger charge is 2.18. The maximum atomic E-state index is 12.1. The molecule has 9 heteroatoms. The second-order valence-corrected chi connectivity index (χ2v) is 5.21. The fraction of sp³-hybridized carbons (Fsp3) is 0.286. The first kappa shape index (κ1) is 16.8. The summed E-state index contributed by atoms with van der Waals surface area (Å²) in [5.41, 5.74) is 1.12. The normalized spacial score (nSPS) is 10.4. The monoisotopic (exact) mass is 338 g/mol. The SMILES string of the molecule is COc1ccc(NC(=O)Cn2nc(C)c(Cl)c2C)c([N+](=O)[O-])c1. The molecule has 2 aromatic rings. The molecule has 0 aliphatic carbocycles. The number of aromatic nitrogens is 2. The van der Waals surface area contributed by atoms with Crippen LogP contribution in [0.15, 0.2) is 18.2 Å². The first-order valence-corrected chi connectivity index (χ1v) is 7.03.